The molecule has 0 aromatic carbocycles. The highest BCUT2D eigenvalue weighted by molar-refractivity contribution is 5.68. The first kappa shape index (κ1) is 14.8. The minimum Gasteiger partial charge on any atom is -0.480 e. The van der Waals surface area contributed by atoms with Crippen LogP contribution in [0.5, 0.6) is 5.88 Å². The third kappa shape index (κ3) is 6.27. The Kier molecular flexibility index (Phi) is 5.12. The van der Waals surface area contributed by atoms with E-state index in [2.05, 4.69) is 27.4 Å². The summed E-state index contributed by atoms with van der Waals surface area (Å²) in [6, 6.07) is 3.35. The summed E-state index contributed by atoms with van der Waals surface area (Å²) in [7, 11) is 1.51. The molecule has 0 spiro atoms. The van der Waals surface area contributed by atoms with Crippen molar-refractivity contribution in [3.63, 3.8) is 0 Å². The molecule has 0 saturated heterocycles. The topological polar surface area (TPSA) is 73.3 Å². The van der Waals surface area contributed by atoms with Crippen molar-refractivity contribution in [1.82, 2.24) is 15.5 Å². The molecule has 19 heavy (non-hydrogen) atoms. The van der Waals surface area contributed by atoms with Crippen molar-refractivity contribution < 1.29 is 14.3 Å². The molecule has 0 bridgehead atoms. The molecule has 0 aliphatic heterocycles. The Bertz CT molecular complexity index is 481. The van der Waals surface area contributed by atoms with E-state index < -0.39 is 11.7 Å². The van der Waals surface area contributed by atoms with Gasteiger partial charge in [0.2, 0.25) is 5.88 Å². The van der Waals surface area contributed by atoms with E-state index in [4.69, 9.17) is 9.47 Å². The number of ether oxygens (including phenoxy) is 2. The summed E-state index contributed by atoms with van der Waals surface area (Å²) in [6.45, 7) is 5.57. The third-order valence-corrected chi connectivity index (χ3v) is 1.79. The lowest BCUT2D eigenvalue weighted by Crippen LogP contribution is -2.32. The zero-order valence-corrected chi connectivity index (χ0v) is 11.5. The number of hydrogen-bond acceptors (Lipinski definition) is 5. The smallest absolute Gasteiger partial charge is 0.408 e. The zero-order chi connectivity index (χ0) is 14.3. The van der Waals surface area contributed by atoms with Gasteiger partial charge < -0.3 is 14.8 Å². The van der Waals surface area contributed by atoms with Crippen LogP contribution in [0.3, 0.4) is 0 Å². The molecular weight excluding hydrogens is 246 g/mol. The molecule has 1 rings (SSSR count). The van der Waals surface area contributed by atoms with E-state index >= 15 is 0 Å². The van der Waals surface area contributed by atoms with Crippen LogP contribution in [-0.2, 0) is 4.74 Å². The molecule has 0 aliphatic carbocycles. The van der Waals surface area contributed by atoms with Gasteiger partial charge >= 0.3 is 6.09 Å². The van der Waals surface area contributed by atoms with Crippen molar-refractivity contribution in [2.45, 2.75) is 26.4 Å². The summed E-state index contributed by atoms with van der Waals surface area (Å²) >= 11 is 0. The van der Waals surface area contributed by atoms with E-state index in [9.17, 15) is 4.79 Å². The van der Waals surface area contributed by atoms with E-state index in [1.54, 1.807) is 32.9 Å². The normalized spacial score (nSPS) is 10.1. The van der Waals surface area contributed by atoms with Crippen molar-refractivity contribution in [1.29, 1.82) is 0 Å². The standard InChI is InChI=1S/C13H17N3O3/c1-13(2,3)19-12(17)14-9-5-6-10-7-8-11(18-4)16-15-10/h7-8H,9H2,1-4H3,(H,14,17). The van der Waals surface area contributed by atoms with Crippen LogP contribution in [0, 0.1) is 11.8 Å². The van der Waals surface area contributed by atoms with Crippen LogP contribution in [0.25, 0.3) is 0 Å². The lowest BCUT2D eigenvalue weighted by Gasteiger charge is -2.18. The first-order valence-electron chi connectivity index (χ1n) is 5.74. The molecule has 102 valence electrons. The molecule has 1 heterocycles. The molecule has 1 amide bonds. The van der Waals surface area contributed by atoms with Gasteiger partial charge in [-0.05, 0) is 32.8 Å². The van der Waals surface area contributed by atoms with Gasteiger partial charge in [0.05, 0.1) is 13.7 Å². The number of amides is 1. The van der Waals surface area contributed by atoms with Gasteiger partial charge in [0, 0.05) is 6.07 Å². The summed E-state index contributed by atoms with van der Waals surface area (Å²) in [4.78, 5) is 11.3. The Labute approximate surface area is 112 Å². The quantitative estimate of drug-likeness (QED) is 0.816. The third-order valence-electron chi connectivity index (χ3n) is 1.79. The average Bonchev–Trinajstić information content (AvgIpc) is 2.33. The maximum atomic E-state index is 11.3. The molecule has 1 aromatic heterocycles. The fourth-order valence-electron chi connectivity index (χ4n) is 1.06. The molecule has 1 aromatic rings. The van der Waals surface area contributed by atoms with Gasteiger partial charge in [-0.1, -0.05) is 5.92 Å². The first-order chi connectivity index (χ1) is 8.90. The molecule has 0 atom stereocenters. The molecule has 0 radical (unpaired) electrons. The van der Waals surface area contributed by atoms with Crippen LogP contribution in [0.15, 0.2) is 12.1 Å². The number of carbonyl (C=O) groups excluding carboxylic acids is 1. The largest absolute Gasteiger partial charge is 0.480 e. The zero-order valence-electron chi connectivity index (χ0n) is 11.5. The van der Waals surface area contributed by atoms with Crippen molar-refractivity contribution in [2.75, 3.05) is 13.7 Å². The Balaban J connectivity index is 2.40. The van der Waals surface area contributed by atoms with Gasteiger partial charge in [-0.2, -0.15) is 0 Å². The highest BCUT2D eigenvalue weighted by Gasteiger charge is 2.14. The van der Waals surface area contributed by atoms with Crippen LogP contribution in [-0.4, -0.2) is 35.5 Å². The number of aromatic nitrogens is 2. The maximum absolute atomic E-state index is 11.3. The average molecular weight is 263 g/mol. The van der Waals surface area contributed by atoms with E-state index in [1.807, 2.05) is 0 Å². The van der Waals surface area contributed by atoms with Gasteiger partial charge in [0.15, 0.2) is 0 Å². The van der Waals surface area contributed by atoms with Crippen molar-refractivity contribution >= 4 is 6.09 Å². The number of nitrogens with zero attached hydrogens (tertiary/aromatic N) is 2. The van der Waals surface area contributed by atoms with Gasteiger partial charge in [0.25, 0.3) is 0 Å². The summed E-state index contributed by atoms with van der Waals surface area (Å²) < 4.78 is 9.94. The molecule has 0 saturated carbocycles. The predicted molar refractivity (Wildman–Crippen MR) is 69.7 cm³/mol. The Morgan fingerprint density at radius 3 is 2.63 bits per heavy atom. The van der Waals surface area contributed by atoms with Crippen LogP contribution < -0.4 is 10.1 Å². The van der Waals surface area contributed by atoms with Crippen molar-refractivity contribution in [2.24, 2.45) is 0 Å². The maximum Gasteiger partial charge on any atom is 0.408 e. The molecule has 6 heteroatoms. The summed E-state index contributed by atoms with van der Waals surface area (Å²) in [5.74, 6) is 5.94. The highest BCUT2D eigenvalue weighted by atomic mass is 16.6. The van der Waals surface area contributed by atoms with Crippen molar-refractivity contribution in [3.05, 3.63) is 17.8 Å². The van der Waals surface area contributed by atoms with E-state index in [-0.39, 0.29) is 6.54 Å². The van der Waals surface area contributed by atoms with E-state index in [0.29, 0.717) is 11.6 Å². The number of carbonyl (C=O) groups is 1. The van der Waals surface area contributed by atoms with Gasteiger partial charge in [-0.25, -0.2) is 4.79 Å². The second kappa shape index (κ2) is 6.59. The number of methoxy groups -OCH3 is 1. The fraction of sp³-hybridized carbons (Fsp3) is 0.462. The number of hydrogen-bond donors (Lipinski definition) is 1. The summed E-state index contributed by atoms with van der Waals surface area (Å²) in [5.41, 5.74) is -0.00862. The van der Waals surface area contributed by atoms with Gasteiger partial charge in [0.1, 0.15) is 11.3 Å². The van der Waals surface area contributed by atoms with Crippen LogP contribution >= 0.6 is 0 Å². The second-order valence-corrected chi connectivity index (χ2v) is 4.62. The van der Waals surface area contributed by atoms with Crippen LogP contribution in [0.4, 0.5) is 4.79 Å². The molecule has 1 N–H and O–H groups in total. The number of rotatable bonds is 2. The molecule has 6 nitrogen and oxygen atoms in total. The van der Waals surface area contributed by atoms with Crippen molar-refractivity contribution in [3.8, 4) is 17.7 Å². The van der Waals surface area contributed by atoms with E-state index in [1.165, 1.54) is 7.11 Å². The molecule has 0 fully saturated rings. The predicted octanol–water partition coefficient (Wildman–Crippen LogP) is 1.36. The number of alkyl carbamates (subject to hydrolysis) is 1. The lowest BCUT2D eigenvalue weighted by atomic mass is 10.2. The first-order valence-corrected chi connectivity index (χ1v) is 5.74. The molecular formula is C13H17N3O3. The van der Waals surface area contributed by atoms with Gasteiger partial charge in [-0.15, -0.1) is 10.2 Å². The fourth-order valence-corrected chi connectivity index (χ4v) is 1.06. The highest BCUT2D eigenvalue weighted by Crippen LogP contribution is 2.06. The molecule has 0 unspecified atom stereocenters. The SMILES string of the molecule is COc1ccc(C#CCNC(=O)OC(C)(C)C)nn1. The second-order valence-electron chi connectivity index (χ2n) is 4.62. The van der Waals surface area contributed by atoms with Crippen LogP contribution in [0.1, 0.15) is 26.5 Å². The van der Waals surface area contributed by atoms with Gasteiger partial charge in [-0.3, -0.25) is 0 Å². The Hall–Kier alpha value is -2.29. The summed E-state index contributed by atoms with van der Waals surface area (Å²) in [6.07, 6.45) is -0.498. The minimum absolute atomic E-state index is 0.183. The van der Waals surface area contributed by atoms with E-state index in [0.717, 1.165) is 0 Å². The monoisotopic (exact) mass is 263 g/mol. The van der Waals surface area contributed by atoms with Crippen LogP contribution in [0.2, 0.25) is 0 Å². The lowest BCUT2D eigenvalue weighted by molar-refractivity contribution is 0.0535. The number of nitrogens with one attached hydrogen (secondary N) is 1. The minimum atomic E-state index is -0.515. The Morgan fingerprint density at radius 2 is 2.11 bits per heavy atom. The summed E-state index contributed by atoms with van der Waals surface area (Å²) in [5, 5.41) is 10.1. The Morgan fingerprint density at radius 1 is 1.37 bits per heavy atom. The molecule has 0 aliphatic rings.